The molecular weight excluding hydrogens is 214 g/mol. The molecule has 0 radical (unpaired) electrons. The van der Waals surface area contributed by atoms with Gasteiger partial charge in [-0.05, 0) is 13.3 Å². The normalized spacial score (nSPS) is 14.2. The van der Waals surface area contributed by atoms with E-state index in [2.05, 4.69) is 5.32 Å². The number of rotatable bonds is 8. The predicted molar refractivity (Wildman–Crippen MR) is 57.0 cm³/mol. The number of amides is 1. The van der Waals surface area contributed by atoms with Gasteiger partial charge in [-0.25, -0.2) is 0 Å². The lowest BCUT2D eigenvalue weighted by molar-refractivity contribution is -0.142. The average Bonchev–Trinajstić information content (AvgIpc) is 2.13. The summed E-state index contributed by atoms with van der Waals surface area (Å²) in [6.45, 7) is 3.60. The molecule has 0 heterocycles. The number of ether oxygens (including phenoxy) is 1. The van der Waals surface area contributed by atoms with Crippen LogP contribution in [0, 0.1) is 0 Å². The van der Waals surface area contributed by atoms with Crippen LogP contribution in [0.15, 0.2) is 0 Å². The van der Waals surface area contributed by atoms with E-state index in [0.717, 1.165) is 6.42 Å². The van der Waals surface area contributed by atoms with E-state index in [1.807, 2.05) is 6.92 Å². The van der Waals surface area contributed by atoms with Crippen LogP contribution in [0.25, 0.3) is 0 Å². The van der Waals surface area contributed by atoms with E-state index in [1.165, 1.54) is 6.92 Å². The first-order chi connectivity index (χ1) is 7.37. The fraction of sp³-hybridized carbons (Fsp3) is 0.800. The minimum absolute atomic E-state index is 0.0724. The van der Waals surface area contributed by atoms with E-state index in [0.29, 0.717) is 6.61 Å². The Hall–Kier alpha value is -1.14. The van der Waals surface area contributed by atoms with Crippen LogP contribution in [-0.2, 0) is 14.3 Å². The van der Waals surface area contributed by atoms with Crippen molar-refractivity contribution in [1.29, 1.82) is 0 Å². The van der Waals surface area contributed by atoms with Gasteiger partial charge in [0, 0.05) is 13.2 Å². The Morgan fingerprint density at radius 3 is 2.56 bits per heavy atom. The fourth-order valence-electron chi connectivity index (χ4n) is 1.04. The van der Waals surface area contributed by atoms with E-state index in [-0.39, 0.29) is 19.1 Å². The average molecular weight is 233 g/mol. The molecule has 0 aromatic carbocycles. The standard InChI is InChI=1S/C10H19NO5/c1-3-4-16-6-8(12)11-7-10(2,15)5-9(13)14/h15H,3-7H2,1-2H3,(H,11,12)(H,13,14). The number of carbonyl (C=O) groups excluding carboxylic acids is 1. The number of hydrogen-bond acceptors (Lipinski definition) is 4. The summed E-state index contributed by atoms with van der Waals surface area (Å²) in [6.07, 6.45) is 0.410. The molecular formula is C10H19NO5. The zero-order valence-electron chi connectivity index (χ0n) is 9.65. The summed E-state index contributed by atoms with van der Waals surface area (Å²) in [7, 11) is 0. The summed E-state index contributed by atoms with van der Waals surface area (Å²) in [5.74, 6) is -1.47. The van der Waals surface area contributed by atoms with E-state index in [4.69, 9.17) is 9.84 Å². The first kappa shape index (κ1) is 14.9. The van der Waals surface area contributed by atoms with E-state index in [1.54, 1.807) is 0 Å². The molecule has 0 fully saturated rings. The molecule has 0 aliphatic carbocycles. The summed E-state index contributed by atoms with van der Waals surface area (Å²) in [5.41, 5.74) is -1.44. The first-order valence-electron chi connectivity index (χ1n) is 5.16. The van der Waals surface area contributed by atoms with Crippen molar-refractivity contribution >= 4 is 11.9 Å². The molecule has 0 aliphatic heterocycles. The Morgan fingerprint density at radius 2 is 2.06 bits per heavy atom. The zero-order chi connectivity index (χ0) is 12.6. The zero-order valence-corrected chi connectivity index (χ0v) is 9.65. The fourth-order valence-corrected chi connectivity index (χ4v) is 1.04. The van der Waals surface area contributed by atoms with E-state index < -0.39 is 18.0 Å². The molecule has 16 heavy (non-hydrogen) atoms. The Bertz CT molecular complexity index is 239. The molecule has 0 saturated heterocycles. The Labute approximate surface area is 94.6 Å². The molecule has 0 spiro atoms. The lowest BCUT2D eigenvalue weighted by Gasteiger charge is -2.21. The third-order valence-corrected chi connectivity index (χ3v) is 1.78. The molecule has 0 saturated carbocycles. The SMILES string of the molecule is CCCOCC(=O)NCC(C)(O)CC(=O)O. The van der Waals surface area contributed by atoms with Crippen LogP contribution in [0.4, 0.5) is 0 Å². The number of carbonyl (C=O) groups is 2. The van der Waals surface area contributed by atoms with Crippen molar-refractivity contribution in [2.24, 2.45) is 0 Å². The van der Waals surface area contributed by atoms with Crippen molar-refractivity contribution in [1.82, 2.24) is 5.32 Å². The maximum absolute atomic E-state index is 11.2. The van der Waals surface area contributed by atoms with Gasteiger partial charge in [-0.1, -0.05) is 6.92 Å². The minimum atomic E-state index is -1.44. The maximum atomic E-state index is 11.2. The largest absolute Gasteiger partial charge is 0.481 e. The second-order valence-electron chi connectivity index (χ2n) is 3.90. The molecule has 0 aromatic rings. The molecule has 0 bridgehead atoms. The molecule has 1 atom stereocenters. The highest BCUT2D eigenvalue weighted by Crippen LogP contribution is 2.06. The van der Waals surface area contributed by atoms with Crippen molar-refractivity contribution in [2.45, 2.75) is 32.3 Å². The lowest BCUT2D eigenvalue weighted by atomic mass is 10.0. The third-order valence-electron chi connectivity index (χ3n) is 1.78. The van der Waals surface area contributed by atoms with Crippen LogP contribution in [-0.4, -0.2) is 47.4 Å². The van der Waals surface area contributed by atoms with Crippen LogP contribution < -0.4 is 5.32 Å². The van der Waals surface area contributed by atoms with Crippen LogP contribution in [0.1, 0.15) is 26.7 Å². The smallest absolute Gasteiger partial charge is 0.306 e. The van der Waals surface area contributed by atoms with Crippen LogP contribution in [0.3, 0.4) is 0 Å². The predicted octanol–water partition coefficient (Wildman–Crippen LogP) is -0.245. The lowest BCUT2D eigenvalue weighted by Crippen LogP contribution is -2.43. The summed E-state index contributed by atoms with van der Waals surface area (Å²) >= 11 is 0. The molecule has 1 amide bonds. The molecule has 3 N–H and O–H groups in total. The molecule has 0 rings (SSSR count). The second-order valence-corrected chi connectivity index (χ2v) is 3.90. The summed E-state index contributed by atoms with van der Waals surface area (Å²) < 4.78 is 4.98. The Kier molecular flexibility index (Phi) is 6.67. The Morgan fingerprint density at radius 1 is 1.44 bits per heavy atom. The summed E-state index contributed by atoms with van der Waals surface area (Å²) in [4.78, 5) is 21.5. The number of carboxylic acids is 1. The van der Waals surface area contributed by atoms with Crippen LogP contribution in [0.5, 0.6) is 0 Å². The van der Waals surface area contributed by atoms with E-state index in [9.17, 15) is 14.7 Å². The minimum Gasteiger partial charge on any atom is -0.481 e. The van der Waals surface area contributed by atoms with Crippen molar-refractivity contribution in [3.63, 3.8) is 0 Å². The topological polar surface area (TPSA) is 95.9 Å². The Balaban J connectivity index is 3.77. The second kappa shape index (κ2) is 7.19. The molecule has 0 aromatic heterocycles. The summed E-state index contributed by atoms with van der Waals surface area (Å²) in [6, 6.07) is 0. The van der Waals surface area contributed by atoms with Gasteiger partial charge in [0.2, 0.25) is 5.91 Å². The van der Waals surface area contributed by atoms with Crippen LogP contribution in [0.2, 0.25) is 0 Å². The van der Waals surface area contributed by atoms with Gasteiger partial charge in [0.25, 0.3) is 0 Å². The van der Waals surface area contributed by atoms with Gasteiger partial charge in [-0.15, -0.1) is 0 Å². The molecule has 0 aliphatic rings. The van der Waals surface area contributed by atoms with Gasteiger partial charge in [0.15, 0.2) is 0 Å². The third kappa shape index (κ3) is 8.19. The molecule has 94 valence electrons. The summed E-state index contributed by atoms with van der Waals surface area (Å²) in [5, 5.41) is 20.5. The van der Waals surface area contributed by atoms with Gasteiger partial charge >= 0.3 is 5.97 Å². The quantitative estimate of drug-likeness (QED) is 0.503. The number of nitrogens with one attached hydrogen (secondary N) is 1. The van der Waals surface area contributed by atoms with Gasteiger partial charge in [0.05, 0.1) is 12.0 Å². The van der Waals surface area contributed by atoms with Crippen molar-refractivity contribution in [3.8, 4) is 0 Å². The van der Waals surface area contributed by atoms with Crippen molar-refractivity contribution < 1.29 is 24.5 Å². The highest BCUT2D eigenvalue weighted by molar-refractivity contribution is 5.77. The molecule has 6 nitrogen and oxygen atoms in total. The highest BCUT2D eigenvalue weighted by Gasteiger charge is 2.24. The number of hydrogen-bond donors (Lipinski definition) is 3. The molecule has 1 unspecified atom stereocenters. The highest BCUT2D eigenvalue weighted by atomic mass is 16.5. The van der Waals surface area contributed by atoms with Gasteiger partial charge in [-0.2, -0.15) is 0 Å². The van der Waals surface area contributed by atoms with Gasteiger partial charge < -0.3 is 20.3 Å². The van der Waals surface area contributed by atoms with Gasteiger partial charge in [0.1, 0.15) is 6.61 Å². The van der Waals surface area contributed by atoms with Crippen molar-refractivity contribution in [3.05, 3.63) is 0 Å². The molecule has 6 heteroatoms. The number of aliphatic carboxylic acids is 1. The van der Waals surface area contributed by atoms with E-state index >= 15 is 0 Å². The number of carboxylic acid groups (broad SMARTS) is 1. The first-order valence-corrected chi connectivity index (χ1v) is 5.16. The monoisotopic (exact) mass is 233 g/mol. The van der Waals surface area contributed by atoms with Crippen molar-refractivity contribution in [2.75, 3.05) is 19.8 Å². The number of aliphatic hydroxyl groups is 1. The van der Waals surface area contributed by atoms with Gasteiger partial charge in [-0.3, -0.25) is 9.59 Å². The maximum Gasteiger partial charge on any atom is 0.306 e. The van der Waals surface area contributed by atoms with Crippen LogP contribution >= 0.6 is 0 Å².